The summed E-state index contributed by atoms with van der Waals surface area (Å²) in [7, 11) is 0. The molecule has 116 valence electrons. The van der Waals surface area contributed by atoms with Gasteiger partial charge >= 0.3 is 0 Å². The van der Waals surface area contributed by atoms with E-state index < -0.39 is 0 Å². The maximum absolute atomic E-state index is 11.9. The third kappa shape index (κ3) is 5.38. The van der Waals surface area contributed by atoms with Gasteiger partial charge in [0.15, 0.2) is 0 Å². The minimum Gasteiger partial charge on any atom is -0.374 e. The Balaban J connectivity index is 1.57. The second kappa shape index (κ2) is 8.60. The van der Waals surface area contributed by atoms with Gasteiger partial charge in [-0.05, 0) is 32.4 Å². The predicted molar refractivity (Wildman–Crippen MR) is 79.7 cm³/mol. The molecule has 2 saturated heterocycles. The first kappa shape index (κ1) is 15.7. The van der Waals surface area contributed by atoms with Crippen LogP contribution in [-0.4, -0.2) is 62.3 Å². The van der Waals surface area contributed by atoms with Gasteiger partial charge in [-0.1, -0.05) is 13.3 Å². The van der Waals surface area contributed by atoms with Gasteiger partial charge in [-0.2, -0.15) is 0 Å². The molecule has 0 saturated carbocycles. The number of amides is 1. The van der Waals surface area contributed by atoms with Crippen molar-refractivity contribution >= 4 is 5.91 Å². The summed E-state index contributed by atoms with van der Waals surface area (Å²) in [5.41, 5.74) is 0. The maximum Gasteiger partial charge on any atom is 0.220 e. The molecule has 0 aromatic rings. The zero-order chi connectivity index (χ0) is 14.2. The quantitative estimate of drug-likeness (QED) is 0.755. The molecule has 20 heavy (non-hydrogen) atoms. The summed E-state index contributed by atoms with van der Waals surface area (Å²) in [5.74, 6) is 0.162. The Hall–Kier alpha value is -0.650. The standard InChI is InChI=1S/C15H29N3O2/c1-2-18-9-10-20-14(12-18)11-17-15(19)7-6-13-5-3-4-8-16-13/h13-14,16H,2-12H2,1H3,(H,17,19). The van der Waals surface area contributed by atoms with E-state index in [1.807, 2.05) is 0 Å². The molecule has 1 amide bonds. The van der Waals surface area contributed by atoms with E-state index in [1.165, 1.54) is 19.3 Å². The van der Waals surface area contributed by atoms with E-state index in [0.29, 0.717) is 19.0 Å². The van der Waals surface area contributed by atoms with Crippen LogP contribution in [0.5, 0.6) is 0 Å². The van der Waals surface area contributed by atoms with E-state index >= 15 is 0 Å². The van der Waals surface area contributed by atoms with Crippen LogP contribution in [0.15, 0.2) is 0 Å². The average Bonchev–Trinajstić information content (AvgIpc) is 2.52. The van der Waals surface area contributed by atoms with Gasteiger partial charge in [-0.25, -0.2) is 0 Å². The number of rotatable bonds is 6. The number of piperidine rings is 1. The molecule has 5 heteroatoms. The van der Waals surface area contributed by atoms with Gasteiger partial charge in [0.25, 0.3) is 0 Å². The van der Waals surface area contributed by atoms with Crippen LogP contribution < -0.4 is 10.6 Å². The number of ether oxygens (including phenoxy) is 1. The number of carbonyl (C=O) groups excluding carboxylic acids is 1. The Morgan fingerprint density at radius 2 is 2.35 bits per heavy atom. The molecule has 5 nitrogen and oxygen atoms in total. The van der Waals surface area contributed by atoms with Crippen molar-refractivity contribution in [2.75, 3.05) is 39.3 Å². The molecular weight excluding hydrogens is 254 g/mol. The van der Waals surface area contributed by atoms with E-state index in [2.05, 4.69) is 22.5 Å². The summed E-state index contributed by atoms with van der Waals surface area (Å²) >= 11 is 0. The van der Waals surface area contributed by atoms with Gasteiger partial charge in [0, 0.05) is 32.1 Å². The first-order valence-corrected chi connectivity index (χ1v) is 8.12. The van der Waals surface area contributed by atoms with Gasteiger partial charge < -0.3 is 15.4 Å². The lowest BCUT2D eigenvalue weighted by Gasteiger charge is -2.32. The smallest absolute Gasteiger partial charge is 0.220 e. The average molecular weight is 283 g/mol. The third-order valence-electron chi connectivity index (χ3n) is 4.33. The fourth-order valence-corrected chi connectivity index (χ4v) is 2.98. The molecule has 2 heterocycles. The summed E-state index contributed by atoms with van der Waals surface area (Å²) in [6.45, 7) is 7.69. The van der Waals surface area contributed by atoms with Crippen LogP contribution in [0.2, 0.25) is 0 Å². The zero-order valence-electron chi connectivity index (χ0n) is 12.7. The highest BCUT2D eigenvalue weighted by Gasteiger charge is 2.20. The summed E-state index contributed by atoms with van der Waals surface area (Å²) in [4.78, 5) is 14.2. The van der Waals surface area contributed by atoms with Crippen LogP contribution in [-0.2, 0) is 9.53 Å². The normalized spacial score (nSPS) is 28.2. The van der Waals surface area contributed by atoms with Gasteiger partial charge in [-0.15, -0.1) is 0 Å². The Kier molecular flexibility index (Phi) is 6.76. The SMILES string of the molecule is CCN1CCOC(CNC(=O)CCC2CCCCN2)C1. The highest BCUT2D eigenvalue weighted by atomic mass is 16.5. The number of carbonyl (C=O) groups is 1. The van der Waals surface area contributed by atoms with Gasteiger partial charge in [0.2, 0.25) is 5.91 Å². The molecule has 0 aliphatic carbocycles. The number of likely N-dealkylation sites (N-methyl/N-ethyl adjacent to an activating group) is 1. The molecule has 2 N–H and O–H groups in total. The van der Waals surface area contributed by atoms with Crippen LogP contribution in [0.25, 0.3) is 0 Å². The summed E-state index contributed by atoms with van der Waals surface area (Å²) < 4.78 is 5.69. The summed E-state index contributed by atoms with van der Waals surface area (Å²) in [6, 6.07) is 0.538. The van der Waals surface area contributed by atoms with Gasteiger partial charge in [0.05, 0.1) is 12.7 Å². The van der Waals surface area contributed by atoms with Crippen molar-refractivity contribution in [3.8, 4) is 0 Å². The molecule has 2 unspecified atom stereocenters. The monoisotopic (exact) mass is 283 g/mol. The molecule has 0 bridgehead atoms. The Morgan fingerprint density at radius 1 is 1.45 bits per heavy atom. The molecule has 2 fully saturated rings. The van der Waals surface area contributed by atoms with E-state index in [4.69, 9.17) is 4.74 Å². The van der Waals surface area contributed by atoms with Crippen LogP contribution in [0, 0.1) is 0 Å². The fraction of sp³-hybridized carbons (Fsp3) is 0.933. The van der Waals surface area contributed by atoms with Crippen molar-refractivity contribution in [1.29, 1.82) is 0 Å². The predicted octanol–water partition coefficient (Wildman–Crippen LogP) is 0.746. The second-order valence-electron chi connectivity index (χ2n) is 5.88. The number of nitrogens with zero attached hydrogens (tertiary/aromatic N) is 1. The summed E-state index contributed by atoms with van der Waals surface area (Å²) in [5, 5.41) is 6.50. The van der Waals surface area contributed by atoms with Crippen molar-refractivity contribution < 1.29 is 9.53 Å². The fourth-order valence-electron chi connectivity index (χ4n) is 2.98. The van der Waals surface area contributed by atoms with Crippen molar-refractivity contribution in [2.24, 2.45) is 0 Å². The van der Waals surface area contributed by atoms with Crippen molar-refractivity contribution in [1.82, 2.24) is 15.5 Å². The van der Waals surface area contributed by atoms with Crippen molar-refractivity contribution in [3.63, 3.8) is 0 Å². The first-order chi connectivity index (χ1) is 9.78. The zero-order valence-corrected chi connectivity index (χ0v) is 12.7. The molecule has 2 aliphatic rings. The number of hydrogen-bond acceptors (Lipinski definition) is 4. The van der Waals surface area contributed by atoms with E-state index in [0.717, 1.165) is 39.2 Å². The molecule has 2 atom stereocenters. The Labute approximate surface area is 122 Å². The van der Waals surface area contributed by atoms with Gasteiger partial charge in [0.1, 0.15) is 0 Å². The van der Waals surface area contributed by atoms with Crippen molar-refractivity contribution in [2.45, 2.75) is 51.2 Å². The molecule has 0 radical (unpaired) electrons. The molecular formula is C15H29N3O2. The maximum atomic E-state index is 11.9. The number of hydrogen-bond donors (Lipinski definition) is 2. The van der Waals surface area contributed by atoms with Crippen LogP contribution in [0.4, 0.5) is 0 Å². The molecule has 0 aromatic carbocycles. The molecule has 2 rings (SSSR count). The lowest BCUT2D eigenvalue weighted by atomic mass is 10.0. The largest absolute Gasteiger partial charge is 0.374 e. The second-order valence-corrected chi connectivity index (χ2v) is 5.88. The molecule has 0 spiro atoms. The lowest BCUT2D eigenvalue weighted by Crippen LogP contribution is -2.47. The number of morpholine rings is 1. The van der Waals surface area contributed by atoms with Crippen LogP contribution in [0.3, 0.4) is 0 Å². The topological polar surface area (TPSA) is 53.6 Å². The van der Waals surface area contributed by atoms with Crippen molar-refractivity contribution in [3.05, 3.63) is 0 Å². The highest BCUT2D eigenvalue weighted by Crippen LogP contribution is 2.11. The van der Waals surface area contributed by atoms with Crippen LogP contribution in [0.1, 0.15) is 39.0 Å². The number of nitrogens with one attached hydrogen (secondary N) is 2. The van der Waals surface area contributed by atoms with Gasteiger partial charge in [-0.3, -0.25) is 9.69 Å². The minimum absolute atomic E-state index is 0.153. The van der Waals surface area contributed by atoms with E-state index in [-0.39, 0.29) is 12.0 Å². The lowest BCUT2D eigenvalue weighted by molar-refractivity contribution is -0.122. The highest BCUT2D eigenvalue weighted by molar-refractivity contribution is 5.75. The molecule has 2 aliphatic heterocycles. The molecule has 0 aromatic heterocycles. The minimum atomic E-state index is 0.153. The van der Waals surface area contributed by atoms with Crippen LogP contribution >= 0.6 is 0 Å². The Morgan fingerprint density at radius 3 is 3.10 bits per heavy atom. The van der Waals surface area contributed by atoms with E-state index in [9.17, 15) is 4.79 Å². The first-order valence-electron chi connectivity index (χ1n) is 8.12. The third-order valence-corrected chi connectivity index (χ3v) is 4.33. The summed E-state index contributed by atoms with van der Waals surface area (Å²) in [6.07, 6.45) is 5.52. The van der Waals surface area contributed by atoms with E-state index in [1.54, 1.807) is 0 Å². The Bertz CT molecular complexity index is 293.